The van der Waals surface area contributed by atoms with Crippen molar-refractivity contribution in [3.05, 3.63) is 22.5 Å². The number of carbonyl (C=O) groups is 1. The highest BCUT2D eigenvalue weighted by Crippen LogP contribution is 2.42. The SMILES string of the molecule is CCn1nc(-c2cc(C)on2)c(C(=O)N2CC3(CCN(CCC(C)(C)C)CC3)C2)c1Cl. The molecule has 0 N–H and O–H groups in total. The molecule has 0 bridgehead atoms. The maximum absolute atomic E-state index is 13.4. The summed E-state index contributed by atoms with van der Waals surface area (Å²) in [5.41, 5.74) is 2.13. The molecule has 4 rings (SSSR count). The maximum Gasteiger partial charge on any atom is 0.259 e. The second-order valence-corrected chi connectivity index (χ2v) is 10.8. The molecule has 0 unspecified atom stereocenters. The number of halogens is 1. The Hall–Kier alpha value is -1.86. The van der Waals surface area contributed by atoms with Crippen LogP contribution in [-0.2, 0) is 6.54 Å². The van der Waals surface area contributed by atoms with Gasteiger partial charge in [0.25, 0.3) is 5.91 Å². The lowest BCUT2D eigenvalue weighted by molar-refractivity contribution is -0.0333. The number of piperidine rings is 1. The molecule has 1 spiro atoms. The van der Waals surface area contributed by atoms with Gasteiger partial charge in [-0.2, -0.15) is 5.10 Å². The molecule has 0 saturated carbocycles. The molecule has 2 aromatic rings. The molecule has 31 heavy (non-hydrogen) atoms. The minimum absolute atomic E-state index is 0.0545. The maximum atomic E-state index is 13.4. The van der Waals surface area contributed by atoms with E-state index in [9.17, 15) is 4.79 Å². The molecule has 0 aliphatic carbocycles. The summed E-state index contributed by atoms with van der Waals surface area (Å²) in [4.78, 5) is 17.9. The van der Waals surface area contributed by atoms with Crippen molar-refractivity contribution >= 4 is 17.5 Å². The molecule has 2 aliphatic rings. The van der Waals surface area contributed by atoms with Crippen LogP contribution in [-0.4, -0.2) is 63.4 Å². The number of nitrogens with zero attached hydrogens (tertiary/aromatic N) is 5. The molecule has 2 aromatic heterocycles. The van der Waals surface area contributed by atoms with Crippen LogP contribution in [0.3, 0.4) is 0 Å². The highest BCUT2D eigenvalue weighted by Gasteiger charge is 2.47. The summed E-state index contributed by atoms with van der Waals surface area (Å²) in [6.07, 6.45) is 3.52. The first-order valence-electron chi connectivity index (χ1n) is 11.3. The minimum atomic E-state index is -0.0545. The van der Waals surface area contributed by atoms with Gasteiger partial charge in [0, 0.05) is 31.1 Å². The summed E-state index contributed by atoms with van der Waals surface area (Å²) < 4.78 is 6.86. The van der Waals surface area contributed by atoms with E-state index in [1.54, 1.807) is 10.7 Å². The lowest BCUT2D eigenvalue weighted by Gasteiger charge is -2.54. The smallest absolute Gasteiger partial charge is 0.259 e. The number of likely N-dealkylation sites (tertiary alicyclic amines) is 2. The van der Waals surface area contributed by atoms with Crippen LogP contribution in [0.15, 0.2) is 10.6 Å². The lowest BCUT2D eigenvalue weighted by Crippen LogP contribution is -2.62. The third-order valence-electron chi connectivity index (χ3n) is 6.71. The largest absolute Gasteiger partial charge is 0.361 e. The van der Waals surface area contributed by atoms with E-state index in [0.29, 0.717) is 39.8 Å². The summed E-state index contributed by atoms with van der Waals surface area (Å²) in [6.45, 7) is 16.3. The number of aromatic nitrogens is 3. The fraction of sp³-hybridized carbons (Fsp3) is 0.696. The zero-order valence-corrected chi connectivity index (χ0v) is 20.1. The predicted octanol–water partition coefficient (Wildman–Crippen LogP) is 4.49. The third kappa shape index (κ3) is 4.53. The van der Waals surface area contributed by atoms with Crippen molar-refractivity contribution in [2.75, 3.05) is 32.7 Å². The highest BCUT2D eigenvalue weighted by molar-refractivity contribution is 6.33. The first kappa shape index (κ1) is 22.3. The lowest BCUT2D eigenvalue weighted by atomic mass is 9.71. The van der Waals surface area contributed by atoms with Gasteiger partial charge in [0.2, 0.25) is 0 Å². The van der Waals surface area contributed by atoms with Gasteiger partial charge in [-0.05, 0) is 58.2 Å². The van der Waals surface area contributed by atoms with E-state index in [1.807, 2.05) is 18.7 Å². The molecule has 2 fully saturated rings. The van der Waals surface area contributed by atoms with Crippen LogP contribution in [0.25, 0.3) is 11.4 Å². The normalized spacial score (nSPS) is 19.1. The van der Waals surface area contributed by atoms with Gasteiger partial charge < -0.3 is 14.3 Å². The van der Waals surface area contributed by atoms with E-state index in [0.717, 1.165) is 45.6 Å². The van der Waals surface area contributed by atoms with Crippen molar-refractivity contribution in [2.24, 2.45) is 10.8 Å². The van der Waals surface area contributed by atoms with Gasteiger partial charge in [0.1, 0.15) is 27.9 Å². The van der Waals surface area contributed by atoms with Crippen molar-refractivity contribution in [3.8, 4) is 11.4 Å². The van der Waals surface area contributed by atoms with E-state index in [4.69, 9.17) is 16.1 Å². The topological polar surface area (TPSA) is 67.4 Å². The Morgan fingerprint density at radius 3 is 2.48 bits per heavy atom. The van der Waals surface area contributed by atoms with Crippen LogP contribution in [0.1, 0.15) is 63.1 Å². The fourth-order valence-corrected chi connectivity index (χ4v) is 4.95. The quantitative estimate of drug-likeness (QED) is 0.675. The Balaban J connectivity index is 1.42. The van der Waals surface area contributed by atoms with Crippen molar-refractivity contribution in [1.82, 2.24) is 24.7 Å². The van der Waals surface area contributed by atoms with Gasteiger partial charge in [-0.15, -0.1) is 0 Å². The van der Waals surface area contributed by atoms with Crippen LogP contribution < -0.4 is 0 Å². The molecule has 2 aliphatic heterocycles. The second kappa shape index (κ2) is 8.24. The van der Waals surface area contributed by atoms with Crippen molar-refractivity contribution < 1.29 is 9.32 Å². The van der Waals surface area contributed by atoms with Crippen LogP contribution >= 0.6 is 11.6 Å². The standard InChI is InChI=1S/C23H34ClN5O2/c1-6-29-20(24)18(19(25-29)17-13-16(2)31-26-17)21(30)28-14-23(15-28)8-11-27(12-9-23)10-7-22(3,4)5/h13H,6-12,14-15H2,1-5H3. The number of hydrogen-bond donors (Lipinski definition) is 0. The van der Waals surface area contributed by atoms with E-state index < -0.39 is 0 Å². The van der Waals surface area contributed by atoms with Crippen molar-refractivity contribution in [1.29, 1.82) is 0 Å². The first-order valence-corrected chi connectivity index (χ1v) is 11.7. The monoisotopic (exact) mass is 447 g/mol. The Morgan fingerprint density at radius 1 is 1.26 bits per heavy atom. The van der Waals surface area contributed by atoms with Crippen LogP contribution in [0.4, 0.5) is 0 Å². The molecular formula is C23H34ClN5O2. The average Bonchev–Trinajstić information content (AvgIpc) is 3.26. The number of carbonyl (C=O) groups excluding carboxylic acids is 1. The van der Waals surface area contributed by atoms with Crippen LogP contribution in [0.2, 0.25) is 5.15 Å². The zero-order chi connectivity index (χ0) is 22.4. The van der Waals surface area contributed by atoms with Crippen LogP contribution in [0.5, 0.6) is 0 Å². The van der Waals surface area contributed by atoms with Crippen LogP contribution in [0, 0.1) is 17.8 Å². The Morgan fingerprint density at radius 2 is 1.94 bits per heavy atom. The predicted molar refractivity (Wildman–Crippen MR) is 121 cm³/mol. The van der Waals surface area contributed by atoms with Gasteiger partial charge in [-0.25, -0.2) is 0 Å². The number of aryl methyl sites for hydroxylation is 2. The fourth-order valence-electron chi connectivity index (χ4n) is 4.62. The van der Waals surface area contributed by atoms with Crippen molar-refractivity contribution in [3.63, 3.8) is 0 Å². The Labute approximate surface area is 189 Å². The average molecular weight is 448 g/mol. The molecule has 0 atom stereocenters. The molecular weight excluding hydrogens is 414 g/mol. The summed E-state index contributed by atoms with van der Waals surface area (Å²) >= 11 is 6.56. The van der Waals surface area contributed by atoms with E-state index in [2.05, 4.69) is 35.9 Å². The Kier molecular flexibility index (Phi) is 5.94. The van der Waals surface area contributed by atoms with Gasteiger partial charge >= 0.3 is 0 Å². The number of rotatable bonds is 5. The van der Waals surface area contributed by atoms with Crippen molar-refractivity contribution in [2.45, 2.75) is 60.4 Å². The van der Waals surface area contributed by atoms with Gasteiger partial charge in [-0.1, -0.05) is 37.5 Å². The summed E-state index contributed by atoms with van der Waals surface area (Å²) in [7, 11) is 0. The summed E-state index contributed by atoms with van der Waals surface area (Å²) in [5, 5.41) is 8.97. The van der Waals surface area contributed by atoms with E-state index in [-0.39, 0.29) is 11.3 Å². The Bertz CT molecular complexity index is 942. The molecule has 8 heteroatoms. The number of hydrogen-bond acceptors (Lipinski definition) is 5. The molecule has 170 valence electrons. The molecule has 1 amide bonds. The zero-order valence-electron chi connectivity index (χ0n) is 19.4. The van der Waals surface area contributed by atoms with Gasteiger partial charge in [-0.3, -0.25) is 9.48 Å². The second-order valence-electron chi connectivity index (χ2n) is 10.5. The minimum Gasteiger partial charge on any atom is -0.361 e. The molecule has 7 nitrogen and oxygen atoms in total. The highest BCUT2D eigenvalue weighted by atomic mass is 35.5. The third-order valence-corrected chi connectivity index (χ3v) is 7.09. The summed E-state index contributed by atoms with van der Waals surface area (Å²) in [6, 6.07) is 1.79. The first-order chi connectivity index (χ1) is 14.6. The van der Waals surface area contributed by atoms with Gasteiger partial charge in [0.05, 0.1) is 0 Å². The van der Waals surface area contributed by atoms with Gasteiger partial charge in [0.15, 0.2) is 0 Å². The molecule has 4 heterocycles. The molecule has 2 saturated heterocycles. The molecule has 0 aromatic carbocycles. The number of amides is 1. The van der Waals surface area contributed by atoms with E-state index >= 15 is 0 Å². The molecule has 0 radical (unpaired) electrons. The van der Waals surface area contributed by atoms with E-state index in [1.165, 1.54) is 6.42 Å². The summed E-state index contributed by atoms with van der Waals surface area (Å²) in [5.74, 6) is 0.623.